The Hall–Kier alpha value is -0.470. The number of rotatable bonds is 6. The second kappa shape index (κ2) is 7.00. The van der Waals surface area contributed by atoms with Gasteiger partial charge in [0.1, 0.15) is 0 Å². The molecule has 0 unspecified atom stereocenters. The Morgan fingerprint density at radius 2 is 2.10 bits per heavy atom. The molecule has 0 aliphatic carbocycles. The molecule has 0 radical (unpaired) electrons. The first-order valence-corrected chi connectivity index (χ1v) is 9.25. The number of nitrogens with one attached hydrogen (secondary N) is 2. The molecule has 1 fully saturated rings. The molecule has 0 amide bonds. The summed E-state index contributed by atoms with van der Waals surface area (Å²) in [4.78, 5) is 1.26. The minimum atomic E-state index is -3.43. The van der Waals surface area contributed by atoms with E-state index in [0.29, 0.717) is 30.7 Å². The van der Waals surface area contributed by atoms with Gasteiger partial charge >= 0.3 is 0 Å². The zero-order valence-electron chi connectivity index (χ0n) is 11.9. The van der Waals surface area contributed by atoms with Crippen molar-refractivity contribution in [2.24, 2.45) is 0 Å². The quantitative estimate of drug-likeness (QED) is 0.838. The lowest BCUT2D eigenvalue weighted by atomic mass is 10.1. The van der Waals surface area contributed by atoms with Crippen molar-refractivity contribution in [3.63, 3.8) is 0 Å². The van der Waals surface area contributed by atoms with E-state index in [-0.39, 0.29) is 6.04 Å². The first-order chi connectivity index (χ1) is 9.49. The maximum atomic E-state index is 12.5. The fourth-order valence-corrected chi connectivity index (χ4v) is 4.79. The summed E-state index contributed by atoms with van der Waals surface area (Å²) in [6.45, 7) is 5.92. The highest BCUT2D eigenvalue weighted by molar-refractivity contribution is 7.89. The van der Waals surface area contributed by atoms with Crippen molar-refractivity contribution in [3.8, 4) is 0 Å². The highest BCUT2D eigenvalue weighted by Gasteiger charge is 2.24. The molecular weight excluding hydrogens is 296 g/mol. The molecule has 0 bridgehead atoms. The summed E-state index contributed by atoms with van der Waals surface area (Å²) >= 11 is 1.47. The average molecular weight is 318 g/mol. The molecule has 0 aromatic carbocycles. The Kier molecular flexibility index (Phi) is 5.57. The van der Waals surface area contributed by atoms with Crippen LogP contribution >= 0.6 is 11.3 Å². The summed E-state index contributed by atoms with van der Waals surface area (Å²) in [6, 6.07) is 2.00. The molecule has 0 saturated carbocycles. The molecule has 1 aromatic rings. The van der Waals surface area contributed by atoms with Crippen LogP contribution in [0.5, 0.6) is 0 Å². The maximum Gasteiger partial charge on any atom is 0.241 e. The van der Waals surface area contributed by atoms with Gasteiger partial charge < -0.3 is 10.1 Å². The predicted molar refractivity (Wildman–Crippen MR) is 80.5 cm³/mol. The first kappa shape index (κ1) is 15.9. The van der Waals surface area contributed by atoms with Gasteiger partial charge in [0.25, 0.3) is 0 Å². The molecule has 0 spiro atoms. The summed E-state index contributed by atoms with van der Waals surface area (Å²) in [7, 11) is -3.43. The van der Waals surface area contributed by atoms with Crippen molar-refractivity contribution in [1.82, 2.24) is 10.0 Å². The van der Waals surface area contributed by atoms with Gasteiger partial charge in [0.2, 0.25) is 10.0 Å². The minimum absolute atomic E-state index is 0.0143. The molecular formula is C13H22N2O3S2. The van der Waals surface area contributed by atoms with Crippen LogP contribution in [0.25, 0.3) is 0 Å². The third-order valence-corrected chi connectivity index (χ3v) is 5.86. The Balaban J connectivity index is 2.06. The Bertz CT molecular complexity index is 519. The largest absolute Gasteiger partial charge is 0.381 e. The molecule has 1 saturated heterocycles. The van der Waals surface area contributed by atoms with Crippen LogP contribution in [0.1, 0.15) is 31.6 Å². The Morgan fingerprint density at radius 1 is 1.40 bits per heavy atom. The van der Waals surface area contributed by atoms with E-state index in [9.17, 15) is 8.42 Å². The first-order valence-electron chi connectivity index (χ1n) is 6.89. The van der Waals surface area contributed by atoms with E-state index in [1.165, 1.54) is 11.3 Å². The van der Waals surface area contributed by atoms with E-state index in [1.807, 2.05) is 19.2 Å². The second-order valence-electron chi connectivity index (χ2n) is 5.25. The summed E-state index contributed by atoms with van der Waals surface area (Å²) in [5.74, 6) is 0. The minimum Gasteiger partial charge on any atom is -0.381 e. The summed E-state index contributed by atoms with van der Waals surface area (Å²) in [5, 5.41) is 5.09. The Labute approximate surface area is 124 Å². The molecule has 2 rings (SSSR count). The van der Waals surface area contributed by atoms with E-state index in [0.717, 1.165) is 17.7 Å². The van der Waals surface area contributed by atoms with E-state index >= 15 is 0 Å². The van der Waals surface area contributed by atoms with Crippen LogP contribution in [-0.4, -0.2) is 33.7 Å². The average Bonchev–Trinajstić information content (AvgIpc) is 2.86. The lowest BCUT2D eigenvalue weighted by molar-refractivity contribution is 0.0832. The third kappa shape index (κ3) is 4.26. The fraction of sp³-hybridized carbons (Fsp3) is 0.692. The van der Waals surface area contributed by atoms with Crippen molar-refractivity contribution in [1.29, 1.82) is 0 Å². The number of ether oxygens (including phenoxy) is 1. The van der Waals surface area contributed by atoms with Crippen LogP contribution in [0, 0.1) is 0 Å². The van der Waals surface area contributed by atoms with Crippen molar-refractivity contribution in [3.05, 3.63) is 16.3 Å². The fourth-order valence-electron chi connectivity index (χ4n) is 2.09. The molecule has 7 heteroatoms. The van der Waals surface area contributed by atoms with Gasteiger partial charge in [0, 0.05) is 36.7 Å². The normalized spacial score (nSPS) is 17.8. The smallest absolute Gasteiger partial charge is 0.241 e. The number of hydrogen-bond acceptors (Lipinski definition) is 5. The van der Waals surface area contributed by atoms with Crippen molar-refractivity contribution in [2.45, 2.75) is 50.2 Å². The highest BCUT2D eigenvalue weighted by atomic mass is 32.2. The van der Waals surface area contributed by atoms with Gasteiger partial charge in [-0.3, -0.25) is 0 Å². The topological polar surface area (TPSA) is 67.4 Å². The van der Waals surface area contributed by atoms with Gasteiger partial charge in [0.15, 0.2) is 0 Å². The molecule has 2 N–H and O–H groups in total. The summed E-state index contributed by atoms with van der Waals surface area (Å²) in [6.07, 6.45) is 1.48. The molecule has 20 heavy (non-hydrogen) atoms. The monoisotopic (exact) mass is 318 g/mol. The zero-order chi connectivity index (χ0) is 14.6. The van der Waals surface area contributed by atoms with Gasteiger partial charge in [-0.05, 0) is 24.3 Å². The molecule has 1 aliphatic rings. The van der Waals surface area contributed by atoms with Gasteiger partial charge in [-0.15, -0.1) is 11.3 Å². The van der Waals surface area contributed by atoms with Crippen LogP contribution in [0.3, 0.4) is 0 Å². The molecule has 5 nitrogen and oxygen atoms in total. The second-order valence-corrected chi connectivity index (χ2v) is 7.93. The lowest BCUT2D eigenvalue weighted by Gasteiger charge is -2.23. The third-order valence-electron chi connectivity index (χ3n) is 3.21. The number of thiophene rings is 1. The molecule has 1 aromatic heterocycles. The molecule has 0 atom stereocenters. The summed E-state index contributed by atoms with van der Waals surface area (Å²) in [5.41, 5.74) is 0. The SMILES string of the molecule is CC(C)NCc1sccc1S(=O)(=O)NC1CCOCC1. The van der Waals surface area contributed by atoms with Crippen LogP contribution in [0.2, 0.25) is 0 Å². The summed E-state index contributed by atoms with van der Waals surface area (Å²) < 4.78 is 33.0. The standard InChI is InChI=1S/C13H22N2O3S2/c1-10(2)14-9-12-13(5-8-19-12)20(16,17)15-11-3-6-18-7-4-11/h5,8,10-11,14-15H,3-4,6-7,9H2,1-2H3. The number of hydrogen-bond donors (Lipinski definition) is 2. The van der Waals surface area contributed by atoms with Crippen LogP contribution in [0.15, 0.2) is 16.3 Å². The predicted octanol–water partition coefficient (Wildman–Crippen LogP) is 1.70. The zero-order valence-corrected chi connectivity index (χ0v) is 13.5. The molecule has 114 valence electrons. The van der Waals surface area contributed by atoms with Gasteiger partial charge in [0.05, 0.1) is 4.90 Å². The van der Waals surface area contributed by atoms with Crippen LogP contribution < -0.4 is 10.0 Å². The van der Waals surface area contributed by atoms with E-state index < -0.39 is 10.0 Å². The van der Waals surface area contributed by atoms with Gasteiger partial charge in [-0.1, -0.05) is 13.8 Å². The lowest BCUT2D eigenvalue weighted by Crippen LogP contribution is -2.39. The van der Waals surface area contributed by atoms with Crippen LogP contribution in [-0.2, 0) is 21.3 Å². The van der Waals surface area contributed by atoms with E-state index in [4.69, 9.17) is 4.74 Å². The Morgan fingerprint density at radius 3 is 2.75 bits per heavy atom. The van der Waals surface area contributed by atoms with Gasteiger partial charge in [-0.2, -0.15) is 0 Å². The van der Waals surface area contributed by atoms with Crippen molar-refractivity contribution in [2.75, 3.05) is 13.2 Å². The maximum absolute atomic E-state index is 12.5. The molecule has 1 aliphatic heterocycles. The number of sulfonamides is 1. The van der Waals surface area contributed by atoms with Gasteiger partial charge in [-0.25, -0.2) is 13.1 Å². The van der Waals surface area contributed by atoms with E-state index in [2.05, 4.69) is 10.0 Å². The van der Waals surface area contributed by atoms with E-state index in [1.54, 1.807) is 6.07 Å². The van der Waals surface area contributed by atoms with Crippen LogP contribution in [0.4, 0.5) is 0 Å². The van der Waals surface area contributed by atoms with Crippen molar-refractivity contribution < 1.29 is 13.2 Å². The molecule has 2 heterocycles. The van der Waals surface area contributed by atoms with Crippen molar-refractivity contribution >= 4 is 21.4 Å². The highest BCUT2D eigenvalue weighted by Crippen LogP contribution is 2.23.